The zero-order valence-corrected chi connectivity index (χ0v) is 10.3. The Morgan fingerprint density at radius 3 is 2.00 bits per heavy atom. The summed E-state index contributed by atoms with van der Waals surface area (Å²) >= 11 is 0. The molecular weight excluding hydrogens is 188 g/mol. The van der Waals surface area contributed by atoms with Crippen LogP contribution in [-0.2, 0) is 9.53 Å². The number of unbranched alkanes of at least 4 members (excludes halogenated alkanes) is 6. The second-order valence-electron chi connectivity index (χ2n) is 4.59. The highest BCUT2D eigenvalue weighted by atomic mass is 16.5. The lowest BCUT2D eigenvalue weighted by Crippen LogP contribution is -1.91. The first-order valence-corrected chi connectivity index (χ1v) is 6.26. The fraction of sp³-hybridized carbons (Fsp3) is 0.923. The van der Waals surface area contributed by atoms with Crippen LogP contribution in [0.5, 0.6) is 0 Å². The topological polar surface area (TPSA) is 26.3 Å². The van der Waals surface area contributed by atoms with Crippen LogP contribution in [0, 0.1) is 5.92 Å². The number of hydrogen-bond acceptors (Lipinski definition) is 2. The lowest BCUT2D eigenvalue weighted by atomic mass is 10.0. The molecule has 1 radical (unpaired) electrons. The summed E-state index contributed by atoms with van der Waals surface area (Å²) in [5.41, 5.74) is 0. The molecule has 2 heteroatoms. The SMILES string of the molecule is CC(C)CCCCCCCCCO[C]=O. The van der Waals surface area contributed by atoms with Gasteiger partial charge < -0.3 is 4.74 Å². The van der Waals surface area contributed by atoms with Crippen molar-refractivity contribution in [2.75, 3.05) is 6.61 Å². The van der Waals surface area contributed by atoms with Gasteiger partial charge in [-0.2, -0.15) is 0 Å². The van der Waals surface area contributed by atoms with Crippen LogP contribution in [0.2, 0.25) is 0 Å². The molecule has 0 aliphatic heterocycles. The lowest BCUT2D eigenvalue weighted by Gasteiger charge is -2.04. The van der Waals surface area contributed by atoms with E-state index in [1.165, 1.54) is 51.4 Å². The monoisotopic (exact) mass is 213 g/mol. The number of carbonyl (C=O) groups excluding carboxylic acids is 1. The van der Waals surface area contributed by atoms with Gasteiger partial charge in [0.15, 0.2) is 0 Å². The average Bonchev–Trinajstić information content (AvgIpc) is 2.20. The largest absolute Gasteiger partial charge is 0.457 e. The maximum atomic E-state index is 9.72. The van der Waals surface area contributed by atoms with Crippen molar-refractivity contribution in [2.24, 2.45) is 5.92 Å². The van der Waals surface area contributed by atoms with E-state index in [0.29, 0.717) is 6.61 Å². The van der Waals surface area contributed by atoms with Crippen LogP contribution in [0.4, 0.5) is 0 Å². The van der Waals surface area contributed by atoms with E-state index in [0.717, 1.165) is 12.3 Å². The predicted octanol–water partition coefficient (Wildman–Crippen LogP) is 3.85. The molecule has 0 atom stereocenters. The molecule has 0 amide bonds. The van der Waals surface area contributed by atoms with Crippen molar-refractivity contribution in [3.05, 3.63) is 0 Å². The summed E-state index contributed by atoms with van der Waals surface area (Å²) in [4.78, 5) is 9.72. The maximum Gasteiger partial charge on any atom is 0.417 e. The molecule has 0 rings (SSSR count). The molecule has 2 nitrogen and oxygen atoms in total. The quantitative estimate of drug-likeness (QED) is 0.487. The van der Waals surface area contributed by atoms with Crippen LogP contribution in [0.1, 0.15) is 65.2 Å². The third-order valence-corrected chi connectivity index (χ3v) is 2.59. The van der Waals surface area contributed by atoms with Crippen LogP contribution in [0.25, 0.3) is 0 Å². The van der Waals surface area contributed by atoms with E-state index in [-0.39, 0.29) is 0 Å². The summed E-state index contributed by atoms with van der Waals surface area (Å²) in [5.74, 6) is 0.849. The first kappa shape index (κ1) is 14.5. The minimum absolute atomic E-state index is 0.539. The molecular formula is C13H25O2. The predicted molar refractivity (Wildman–Crippen MR) is 63.4 cm³/mol. The number of rotatable bonds is 11. The van der Waals surface area contributed by atoms with Gasteiger partial charge in [-0.05, 0) is 12.3 Å². The normalized spacial score (nSPS) is 10.6. The van der Waals surface area contributed by atoms with Crippen molar-refractivity contribution in [1.82, 2.24) is 0 Å². The minimum atomic E-state index is 0.539. The maximum absolute atomic E-state index is 9.72. The number of hydrogen-bond donors (Lipinski definition) is 0. The van der Waals surface area contributed by atoms with Crippen molar-refractivity contribution >= 4 is 6.47 Å². The molecule has 89 valence electrons. The van der Waals surface area contributed by atoms with Crippen molar-refractivity contribution in [3.63, 3.8) is 0 Å². The molecule has 0 aromatic heterocycles. The molecule has 0 saturated heterocycles. The minimum Gasteiger partial charge on any atom is -0.457 e. The van der Waals surface area contributed by atoms with Gasteiger partial charge in [0.1, 0.15) is 0 Å². The van der Waals surface area contributed by atoms with E-state index in [1.54, 1.807) is 0 Å². The molecule has 0 aromatic rings. The standard InChI is InChI=1S/C13H25O2/c1-13(2)10-8-6-4-3-5-7-9-11-15-12-14/h13H,3-11H2,1-2H3. The van der Waals surface area contributed by atoms with Gasteiger partial charge in [0.05, 0.1) is 6.61 Å². The summed E-state index contributed by atoms with van der Waals surface area (Å²) in [6.45, 7) is 6.55. The van der Waals surface area contributed by atoms with Gasteiger partial charge in [-0.3, -0.25) is 0 Å². The zero-order chi connectivity index (χ0) is 11.4. The molecule has 0 spiro atoms. The third kappa shape index (κ3) is 13.5. The fourth-order valence-corrected chi connectivity index (χ4v) is 1.65. The first-order chi connectivity index (χ1) is 7.27. The first-order valence-electron chi connectivity index (χ1n) is 6.26. The summed E-state index contributed by atoms with van der Waals surface area (Å²) in [7, 11) is 0. The summed E-state index contributed by atoms with van der Waals surface area (Å²) in [5, 5.41) is 0. The Morgan fingerprint density at radius 2 is 1.47 bits per heavy atom. The van der Waals surface area contributed by atoms with E-state index in [1.807, 2.05) is 0 Å². The molecule has 0 N–H and O–H groups in total. The van der Waals surface area contributed by atoms with Gasteiger partial charge in [-0.15, -0.1) is 0 Å². The summed E-state index contributed by atoms with van der Waals surface area (Å²) in [6.07, 6.45) is 10.2. The lowest BCUT2D eigenvalue weighted by molar-refractivity contribution is 0.268. The van der Waals surface area contributed by atoms with Gasteiger partial charge in [-0.25, -0.2) is 4.79 Å². The Balaban J connectivity index is 2.89. The highest BCUT2D eigenvalue weighted by molar-refractivity contribution is 5.37. The third-order valence-electron chi connectivity index (χ3n) is 2.59. The van der Waals surface area contributed by atoms with Crippen LogP contribution < -0.4 is 0 Å². The zero-order valence-electron chi connectivity index (χ0n) is 10.3. The second-order valence-corrected chi connectivity index (χ2v) is 4.59. The van der Waals surface area contributed by atoms with E-state index < -0.39 is 0 Å². The van der Waals surface area contributed by atoms with E-state index in [4.69, 9.17) is 0 Å². The molecule has 0 aromatic carbocycles. The van der Waals surface area contributed by atoms with Crippen molar-refractivity contribution < 1.29 is 9.53 Å². The van der Waals surface area contributed by atoms with Crippen molar-refractivity contribution in [3.8, 4) is 0 Å². The smallest absolute Gasteiger partial charge is 0.417 e. The second kappa shape index (κ2) is 11.5. The van der Waals surface area contributed by atoms with E-state index >= 15 is 0 Å². The summed E-state index contributed by atoms with van der Waals surface area (Å²) in [6, 6.07) is 0. The fourth-order valence-electron chi connectivity index (χ4n) is 1.65. The molecule has 0 saturated carbocycles. The van der Waals surface area contributed by atoms with E-state index in [9.17, 15) is 4.79 Å². The highest BCUT2D eigenvalue weighted by Crippen LogP contribution is 2.11. The van der Waals surface area contributed by atoms with Crippen LogP contribution >= 0.6 is 0 Å². The van der Waals surface area contributed by atoms with Gasteiger partial charge in [-0.1, -0.05) is 58.8 Å². The van der Waals surface area contributed by atoms with Crippen LogP contribution in [-0.4, -0.2) is 13.1 Å². The number of ether oxygens (including phenoxy) is 1. The molecule has 0 aliphatic carbocycles. The molecule has 0 fully saturated rings. The Labute approximate surface area is 94.4 Å². The summed E-state index contributed by atoms with van der Waals surface area (Å²) < 4.78 is 4.50. The Kier molecular flexibility index (Phi) is 11.1. The average molecular weight is 213 g/mol. The highest BCUT2D eigenvalue weighted by Gasteiger charge is 1.95. The molecule has 0 bridgehead atoms. The molecule has 0 heterocycles. The van der Waals surface area contributed by atoms with Gasteiger partial charge in [0.25, 0.3) is 0 Å². The Bertz CT molecular complexity index is 132. The Hall–Kier alpha value is -0.530. The van der Waals surface area contributed by atoms with Crippen molar-refractivity contribution in [1.29, 1.82) is 0 Å². The van der Waals surface area contributed by atoms with Crippen LogP contribution in [0.15, 0.2) is 0 Å². The van der Waals surface area contributed by atoms with Crippen LogP contribution in [0.3, 0.4) is 0 Å². The van der Waals surface area contributed by atoms with Gasteiger partial charge >= 0.3 is 6.47 Å². The van der Waals surface area contributed by atoms with E-state index in [2.05, 4.69) is 18.6 Å². The van der Waals surface area contributed by atoms with Gasteiger partial charge in [0, 0.05) is 0 Å². The van der Waals surface area contributed by atoms with Gasteiger partial charge in [0.2, 0.25) is 0 Å². The molecule has 0 unspecified atom stereocenters. The van der Waals surface area contributed by atoms with Crippen molar-refractivity contribution in [2.45, 2.75) is 65.2 Å². The molecule has 0 aliphatic rings. The molecule has 15 heavy (non-hydrogen) atoms. The Morgan fingerprint density at radius 1 is 0.933 bits per heavy atom.